The number of amides is 1. The summed E-state index contributed by atoms with van der Waals surface area (Å²) in [5.74, 6) is 0. The van der Waals surface area contributed by atoms with E-state index in [1.807, 2.05) is 30.3 Å². The van der Waals surface area contributed by atoms with Crippen LogP contribution in [0, 0.1) is 0 Å². The molecule has 1 heterocycles. The second kappa shape index (κ2) is 5.40. The van der Waals surface area contributed by atoms with Crippen LogP contribution in [0.4, 0.5) is 4.79 Å². The average Bonchev–Trinajstić information content (AvgIpc) is 2.36. The van der Waals surface area contributed by atoms with Crippen molar-refractivity contribution in [1.29, 1.82) is 0 Å². The molecule has 2 rings (SSSR count). The lowest BCUT2D eigenvalue weighted by molar-refractivity contribution is 0.0749. The minimum absolute atomic E-state index is 0.0377. The van der Waals surface area contributed by atoms with Crippen LogP contribution in [0.5, 0.6) is 0 Å². The van der Waals surface area contributed by atoms with Crippen molar-refractivity contribution in [3.05, 3.63) is 35.9 Å². The molecule has 1 aromatic rings. The molecule has 1 fully saturated rings. The zero-order valence-electron chi connectivity index (χ0n) is 11.0. The maximum Gasteiger partial charge on any atom is 0.410 e. The summed E-state index contributed by atoms with van der Waals surface area (Å²) in [6.07, 6.45) is -0.228. The number of nitrogens with zero attached hydrogens (tertiary/aromatic N) is 1. The maximum atomic E-state index is 11.9. The van der Waals surface area contributed by atoms with Gasteiger partial charge in [-0.05, 0) is 19.4 Å². The molecule has 0 saturated carbocycles. The first kappa shape index (κ1) is 12.9. The lowest BCUT2D eigenvalue weighted by atomic mass is 10.0. The summed E-state index contributed by atoms with van der Waals surface area (Å²) in [6.45, 7) is 6.71. The topological polar surface area (TPSA) is 41.6 Å². The van der Waals surface area contributed by atoms with E-state index in [9.17, 15) is 4.79 Å². The van der Waals surface area contributed by atoms with Crippen LogP contribution in [0.25, 0.3) is 0 Å². The second-order valence-corrected chi connectivity index (χ2v) is 5.27. The van der Waals surface area contributed by atoms with E-state index in [-0.39, 0.29) is 11.6 Å². The van der Waals surface area contributed by atoms with Gasteiger partial charge in [0.15, 0.2) is 0 Å². The van der Waals surface area contributed by atoms with Crippen LogP contribution in [0.2, 0.25) is 0 Å². The van der Waals surface area contributed by atoms with Gasteiger partial charge in [-0.15, -0.1) is 0 Å². The zero-order chi connectivity index (χ0) is 13.0. The fourth-order valence-corrected chi connectivity index (χ4v) is 2.11. The highest BCUT2D eigenvalue weighted by molar-refractivity contribution is 5.68. The molecule has 4 nitrogen and oxygen atoms in total. The quantitative estimate of drug-likeness (QED) is 0.870. The molecule has 0 spiro atoms. The molecule has 0 aromatic heterocycles. The Morgan fingerprint density at radius 1 is 1.39 bits per heavy atom. The molecule has 1 saturated heterocycles. The van der Waals surface area contributed by atoms with E-state index >= 15 is 0 Å². The molecule has 4 heteroatoms. The third kappa shape index (κ3) is 3.47. The van der Waals surface area contributed by atoms with Gasteiger partial charge in [0, 0.05) is 25.2 Å². The van der Waals surface area contributed by atoms with Crippen molar-refractivity contribution in [2.45, 2.75) is 26.0 Å². The molecule has 18 heavy (non-hydrogen) atoms. The number of carbonyl (C=O) groups is 1. The Morgan fingerprint density at radius 2 is 2.11 bits per heavy atom. The van der Waals surface area contributed by atoms with Crippen molar-refractivity contribution >= 4 is 6.09 Å². The van der Waals surface area contributed by atoms with Crippen LogP contribution in [0.1, 0.15) is 19.4 Å². The molecule has 0 aliphatic carbocycles. The molecule has 1 aromatic carbocycles. The molecule has 0 radical (unpaired) electrons. The average molecular weight is 248 g/mol. The number of nitrogens with one attached hydrogen (secondary N) is 1. The Labute approximate surface area is 108 Å². The van der Waals surface area contributed by atoms with Crippen LogP contribution in [-0.4, -0.2) is 36.2 Å². The van der Waals surface area contributed by atoms with Gasteiger partial charge in [-0.2, -0.15) is 0 Å². The van der Waals surface area contributed by atoms with E-state index in [2.05, 4.69) is 19.2 Å². The van der Waals surface area contributed by atoms with Crippen LogP contribution >= 0.6 is 0 Å². The standard InChI is InChI=1S/C14H20N2O2/c1-14(2)11-16(9-8-15-14)13(17)18-10-12-6-4-3-5-7-12/h3-7,15H,8-11H2,1-2H3. The van der Waals surface area contributed by atoms with E-state index in [1.165, 1.54) is 0 Å². The van der Waals surface area contributed by atoms with Crippen LogP contribution < -0.4 is 5.32 Å². The maximum absolute atomic E-state index is 11.9. The van der Waals surface area contributed by atoms with Gasteiger partial charge in [-0.3, -0.25) is 0 Å². The number of carbonyl (C=O) groups excluding carboxylic acids is 1. The van der Waals surface area contributed by atoms with Crippen molar-refractivity contribution in [3.8, 4) is 0 Å². The summed E-state index contributed by atoms with van der Waals surface area (Å²) in [7, 11) is 0. The largest absolute Gasteiger partial charge is 0.445 e. The molecular weight excluding hydrogens is 228 g/mol. The molecule has 1 aliphatic heterocycles. The first-order chi connectivity index (χ1) is 8.57. The molecule has 1 aliphatic rings. The van der Waals surface area contributed by atoms with Crippen molar-refractivity contribution in [2.24, 2.45) is 0 Å². The highest BCUT2D eigenvalue weighted by Gasteiger charge is 2.29. The predicted molar refractivity (Wildman–Crippen MR) is 70.3 cm³/mol. The first-order valence-corrected chi connectivity index (χ1v) is 6.27. The minimum Gasteiger partial charge on any atom is -0.445 e. The number of benzene rings is 1. The van der Waals surface area contributed by atoms with Gasteiger partial charge in [-0.25, -0.2) is 4.79 Å². The van der Waals surface area contributed by atoms with E-state index in [0.717, 1.165) is 12.1 Å². The molecular formula is C14H20N2O2. The van der Waals surface area contributed by atoms with Crippen molar-refractivity contribution in [1.82, 2.24) is 10.2 Å². The summed E-state index contributed by atoms with van der Waals surface area (Å²) in [5.41, 5.74) is 0.976. The number of ether oxygens (including phenoxy) is 1. The van der Waals surface area contributed by atoms with Crippen LogP contribution in [-0.2, 0) is 11.3 Å². The van der Waals surface area contributed by atoms with Crippen LogP contribution in [0.3, 0.4) is 0 Å². The van der Waals surface area contributed by atoms with Crippen molar-refractivity contribution < 1.29 is 9.53 Å². The number of hydrogen-bond acceptors (Lipinski definition) is 3. The van der Waals surface area contributed by atoms with Crippen molar-refractivity contribution in [3.63, 3.8) is 0 Å². The lowest BCUT2D eigenvalue weighted by Crippen LogP contribution is -2.58. The Hall–Kier alpha value is -1.55. The summed E-state index contributed by atoms with van der Waals surface area (Å²) in [5, 5.41) is 3.37. The van der Waals surface area contributed by atoms with E-state index < -0.39 is 0 Å². The van der Waals surface area contributed by atoms with E-state index in [1.54, 1.807) is 4.90 Å². The molecule has 1 N–H and O–H groups in total. The fraction of sp³-hybridized carbons (Fsp3) is 0.500. The summed E-state index contributed by atoms with van der Waals surface area (Å²) in [6, 6.07) is 9.74. The van der Waals surface area contributed by atoms with Gasteiger partial charge in [0.25, 0.3) is 0 Å². The summed E-state index contributed by atoms with van der Waals surface area (Å²) >= 11 is 0. The third-order valence-corrected chi connectivity index (χ3v) is 3.03. The molecule has 98 valence electrons. The predicted octanol–water partition coefficient (Wildman–Crippen LogP) is 2.01. The molecule has 0 atom stereocenters. The smallest absolute Gasteiger partial charge is 0.410 e. The normalized spacial score (nSPS) is 18.4. The van der Waals surface area contributed by atoms with Crippen molar-refractivity contribution in [2.75, 3.05) is 19.6 Å². The van der Waals surface area contributed by atoms with Gasteiger partial charge in [0.2, 0.25) is 0 Å². The summed E-state index contributed by atoms with van der Waals surface area (Å²) < 4.78 is 5.32. The number of rotatable bonds is 2. The fourth-order valence-electron chi connectivity index (χ4n) is 2.11. The number of hydrogen-bond donors (Lipinski definition) is 1. The van der Waals surface area contributed by atoms with Gasteiger partial charge in [0.05, 0.1) is 0 Å². The van der Waals surface area contributed by atoms with E-state index in [4.69, 9.17) is 4.74 Å². The molecule has 0 unspecified atom stereocenters. The lowest BCUT2D eigenvalue weighted by Gasteiger charge is -2.38. The van der Waals surface area contributed by atoms with Crippen LogP contribution in [0.15, 0.2) is 30.3 Å². The zero-order valence-corrected chi connectivity index (χ0v) is 11.0. The van der Waals surface area contributed by atoms with Gasteiger partial charge in [0.1, 0.15) is 6.61 Å². The highest BCUT2D eigenvalue weighted by atomic mass is 16.6. The monoisotopic (exact) mass is 248 g/mol. The first-order valence-electron chi connectivity index (χ1n) is 6.27. The SMILES string of the molecule is CC1(C)CN(C(=O)OCc2ccccc2)CCN1. The van der Waals surface area contributed by atoms with Gasteiger partial charge < -0.3 is 15.0 Å². The highest BCUT2D eigenvalue weighted by Crippen LogP contribution is 2.12. The van der Waals surface area contributed by atoms with Gasteiger partial charge in [-0.1, -0.05) is 30.3 Å². The second-order valence-electron chi connectivity index (χ2n) is 5.27. The number of piperazine rings is 1. The summed E-state index contributed by atoms with van der Waals surface area (Å²) in [4.78, 5) is 13.7. The Bertz CT molecular complexity index is 404. The Balaban J connectivity index is 1.85. The van der Waals surface area contributed by atoms with E-state index in [0.29, 0.717) is 19.7 Å². The Kier molecular flexibility index (Phi) is 3.87. The van der Waals surface area contributed by atoms with Gasteiger partial charge >= 0.3 is 6.09 Å². The molecule has 0 bridgehead atoms. The minimum atomic E-state index is -0.228. The Morgan fingerprint density at radius 3 is 2.78 bits per heavy atom. The molecule has 1 amide bonds. The third-order valence-electron chi connectivity index (χ3n) is 3.03.